The Bertz CT molecular complexity index is 454. The number of amides is 1. The lowest BCUT2D eigenvalue weighted by Crippen LogP contribution is -2.40. The molecule has 0 spiro atoms. The van der Waals surface area contributed by atoms with Crippen molar-refractivity contribution in [1.29, 1.82) is 0 Å². The van der Waals surface area contributed by atoms with Crippen molar-refractivity contribution in [2.45, 2.75) is 12.8 Å². The monoisotopic (exact) mass is 264 g/mol. The van der Waals surface area contributed by atoms with Gasteiger partial charge in [0.15, 0.2) is 11.5 Å². The second kappa shape index (κ2) is 5.93. The van der Waals surface area contributed by atoms with Crippen LogP contribution < -0.4 is 5.32 Å². The molecule has 0 radical (unpaired) electrons. The summed E-state index contributed by atoms with van der Waals surface area (Å²) in [6.45, 7) is 2.36. The first-order chi connectivity index (χ1) is 9.13. The molecule has 104 valence electrons. The Labute approximate surface area is 112 Å². The van der Waals surface area contributed by atoms with Gasteiger partial charge in [0.05, 0.1) is 5.56 Å². The van der Waals surface area contributed by atoms with Crippen molar-refractivity contribution < 1.29 is 15.0 Å². The Morgan fingerprint density at radius 1 is 1.37 bits per heavy atom. The molecule has 2 rings (SSSR count). The van der Waals surface area contributed by atoms with Crippen LogP contribution >= 0.6 is 0 Å². The van der Waals surface area contributed by atoms with Crippen LogP contribution in [0.2, 0.25) is 0 Å². The topological polar surface area (TPSA) is 72.8 Å². The van der Waals surface area contributed by atoms with Gasteiger partial charge in [-0.2, -0.15) is 0 Å². The molecular weight excluding hydrogens is 244 g/mol. The van der Waals surface area contributed by atoms with E-state index in [-0.39, 0.29) is 23.0 Å². The lowest BCUT2D eigenvalue weighted by atomic mass is 9.96. The molecule has 1 aliphatic rings. The standard InChI is InChI=1S/C14H20N2O3/c1-15-9-10-5-7-16(8-6-10)14(19)11-3-2-4-12(17)13(11)18/h2-4,10,15,17-18H,5-9H2,1H3. The van der Waals surface area contributed by atoms with E-state index in [1.807, 2.05) is 7.05 Å². The summed E-state index contributed by atoms with van der Waals surface area (Å²) in [6, 6.07) is 4.47. The summed E-state index contributed by atoms with van der Waals surface area (Å²) in [5, 5.41) is 22.3. The van der Waals surface area contributed by atoms with Crippen molar-refractivity contribution in [2.75, 3.05) is 26.7 Å². The van der Waals surface area contributed by atoms with Crippen LogP contribution in [-0.2, 0) is 0 Å². The fourth-order valence-corrected chi connectivity index (χ4v) is 2.50. The van der Waals surface area contributed by atoms with Gasteiger partial charge in [-0.15, -0.1) is 0 Å². The van der Waals surface area contributed by atoms with E-state index in [0.717, 1.165) is 19.4 Å². The number of benzene rings is 1. The average molecular weight is 264 g/mol. The van der Waals surface area contributed by atoms with Crippen LogP contribution in [0.4, 0.5) is 0 Å². The quantitative estimate of drug-likeness (QED) is 0.717. The van der Waals surface area contributed by atoms with Crippen LogP contribution in [-0.4, -0.2) is 47.7 Å². The number of carbonyl (C=O) groups is 1. The van der Waals surface area contributed by atoms with E-state index in [2.05, 4.69) is 5.32 Å². The number of hydrogen-bond donors (Lipinski definition) is 3. The molecule has 1 aromatic carbocycles. The number of nitrogens with zero attached hydrogens (tertiary/aromatic N) is 1. The Kier molecular flexibility index (Phi) is 4.27. The third-order valence-corrected chi connectivity index (χ3v) is 3.64. The zero-order valence-corrected chi connectivity index (χ0v) is 11.1. The van der Waals surface area contributed by atoms with Crippen molar-refractivity contribution in [3.8, 4) is 11.5 Å². The van der Waals surface area contributed by atoms with E-state index in [9.17, 15) is 15.0 Å². The van der Waals surface area contributed by atoms with Gasteiger partial charge in [-0.05, 0) is 44.5 Å². The number of para-hydroxylation sites is 1. The predicted molar refractivity (Wildman–Crippen MR) is 72.3 cm³/mol. The molecule has 0 aromatic heterocycles. The zero-order chi connectivity index (χ0) is 13.8. The van der Waals surface area contributed by atoms with Crippen LogP contribution in [0, 0.1) is 5.92 Å². The maximum absolute atomic E-state index is 12.3. The fourth-order valence-electron chi connectivity index (χ4n) is 2.50. The third-order valence-electron chi connectivity index (χ3n) is 3.64. The van der Waals surface area contributed by atoms with Crippen molar-refractivity contribution >= 4 is 5.91 Å². The van der Waals surface area contributed by atoms with Gasteiger partial charge in [0, 0.05) is 13.1 Å². The Morgan fingerprint density at radius 3 is 2.68 bits per heavy atom. The summed E-state index contributed by atoms with van der Waals surface area (Å²) in [7, 11) is 1.93. The molecule has 1 saturated heterocycles. The largest absolute Gasteiger partial charge is 0.504 e. The number of hydrogen-bond acceptors (Lipinski definition) is 4. The maximum atomic E-state index is 12.3. The van der Waals surface area contributed by atoms with E-state index >= 15 is 0 Å². The summed E-state index contributed by atoms with van der Waals surface area (Å²) in [6.07, 6.45) is 1.93. The van der Waals surface area contributed by atoms with Crippen molar-refractivity contribution in [1.82, 2.24) is 10.2 Å². The Balaban J connectivity index is 2.03. The van der Waals surface area contributed by atoms with Crippen LogP contribution in [0.15, 0.2) is 18.2 Å². The number of rotatable bonds is 3. The summed E-state index contributed by atoms with van der Waals surface area (Å²) < 4.78 is 0. The van der Waals surface area contributed by atoms with E-state index in [0.29, 0.717) is 19.0 Å². The molecule has 0 bridgehead atoms. The first-order valence-electron chi connectivity index (χ1n) is 6.58. The van der Waals surface area contributed by atoms with Crippen molar-refractivity contribution in [3.63, 3.8) is 0 Å². The third kappa shape index (κ3) is 2.98. The minimum Gasteiger partial charge on any atom is -0.504 e. The Morgan fingerprint density at radius 2 is 2.05 bits per heavy atom. The summed E-state index contributed by atoms with van der Waals surface area (Å²) in [4.78, 5) is 14.0. The molecule has 5 nitrogen and oxygen atoms in total. The number of phenolic OH excluding ortho intramolecular Hbond substituents is 2. The minimum absolute atomic E-state index is 0.173. The fraction of sp³-hybridized carbons (Fsp3) is 0.500. The minimum atomic E-state index is -0.329. The van der Waals surface area contributed by atoms with Gasteiger partial charge in [0.2, 0.25) is 0 Å². The van der Waals surface area contributed by atoms with E-state index in [1.54, 1.807) is 11.0 Å². The van der Waals surface area contributed by atoms with E-state index in [4.69, 9.17) is 0 Å². The molecule has 0 unspecified atom stereocenters. The van der Waals surface area contributed by atoms with Gasteiger partial charge in [0.25, 0.3) is 5.91 Å². The smallest absolute Gasteiger partial charge is 0.257 e. The second-order valence-electron chi connectivity index (χ2n) is 4.97. The van der Waals surface area contributed by atoms with Crippen LogP contribution in [0.5, 0.6) is 11.5 Å². The zero-order valence-electron chi connectivity index (χ0n) is 11.1. The predicted octanol–water partition coefficient (Wildman–Crippen LogP) is 1.17. The average Bonchev–Trinajstić information content (AvgIpc) is 2.42. The second-order valence-corrected chi connectivity index (χ2v) is 4.97. The van der Waals surface area contributed by atoms with Gasteiger partial charge >= 0.3 is 0 Å². The highest BCUT2D eigenvalue weighted by atomic mass is 16.3. The lowest BCUT2D eigenvalue weighted by molar-refractivity contribution is 0.0687. The number of carbonyl (C=O) groups excluding carboxylic acids is 1. The van der Waals surface area contributed by atoms with Crippen molar-refractivity contribution in [3.05, 3.63) is 23.8 Å². The van der Waals surface area contributed by atoms with Gasteiger partial charge in [-0.25, -0.2) is 0 Å². The highest BCUT2D eigenvalue weighted by molar-refractivity contribution is 5.97. The number of aromatic hydroxyl groups is 2. The van der Waals surface area contributed by atoms with Crippen molar-refractivity contribution in [2.24, 2.45) is 5.92 Å². The van der Waals surface area contributed by atoms with Crippen LogP contribution in [0.25, 0.3) is 0 Å². The SMILES string of the molecule is CNCC1CCN(C(=O)c2cccc(O)c2O)CC1. The summed E-state index contributed by atoms with van der Waals surface area (Å²) in [5.41, 5.74) is 0.173. The molecule has 3 N–H and O–H groups in total. The summed E-state index contributed by atoms with van der Waals surface area (Å²) in [5.74, 6) is -0.191. The molecule has 1 heterocycles. The lowest BCUT2D eigenvalue weighted by Gasteiger charge is -2.32. The van der Waals surface area contributed by atoms with Gasteiger partial charge in [0.1, 0.15) is 0 Å². The molecule has 0 saturated carbocycles. The highest BCUT2D eigenvalue weighted by Gasteiger charge is 2.25. The number of likely N-dealkylation sites (tertiary alicyclic amines) is 1. The van der Waals surface area contributed by atoms with Gasteiger partial charge < -0.3 is 20.4 Å². The molecule has 5 heteroatoms. The van der Waals surface area contributed by atoms with Gasteiger partial charge in [-0.1, -0.05) is 6.07 Å². The van der Waals surface area contributed by atoms with E-state index in [1.165, 1.54) is 12.1 Å². The Hall–Kier alpha value is -1.75. The summed E-state index contributed by atoms with van der Waals surface area (Å²) >= 11 is 0. The molecular formula is C14H20N2O3. The maximum Gasteiger partial charge on any atom is 0.257 e. The van der Waals surface area contributed by atoms with E-state index < -0.39 is 0 Å². The first kappa shape index (κ1) is 13.7. The molecule has 1 amide bonds. The first-order valence-corrected chi connectivity index (χ1v) is 6.58. The number of nitrogens with one attached hydrogen (secondary N) is 1. The van der Waals surface area contributed by atoms with Gasteiger partial charge in [-0.3, -0.25) is 4.79 Å². The molecule has 0 atom stereocenters. The molecule has 19 heavy (non-hydrogen) atoms. The van der Waals surface area contributed by atoms with Crippen LogP contribution in [0.3, 0.4) is 0 Å². The molecule has 1 aliphatic heterocycles. The molecule has 1 fully saturated rings. The molecule has 1 aromatic rings. The normalized spacial score (nSPS) is 16.6. The number of phenols is 2. The van der Waals surface area contributed by atoms with Crippen LogP contribution in [0.1, 0.15) is 23.2 Å². The number of piperidine rings is 1. The molecule has 0 aliphatic carbocycles. The highest BCUT2D eigenvalue weighted by Crippen LogP contribution is 2.30.